The zero-order valence-electron chi connectivity index (χ0n) is 6.76. The Kier molecular flexibility index (Phi) is 2.33. The molecule has 0 aliphatic heterocycles. The fourth-order valence-corrected chi connectivity index (χ4v) is 1.04. The van der Waals surface area contributed by atoms with Gasteiger partial charge in [0.15, 0.2) is 11.5 Å². The second-order valence-electron chi connectivity index (χ2n) is 2.38. The largest absolute Gasteiger partial charge is 0.504 e. The van der Waals surface area contributed by atoms with Crippen molar-refractivity contribution in [2.75, 3.05) is 7.11 Å². The first-order chi connectivity index (χ1) is 5.57. The van der Waals surface area contributed by atoms with Crippen molar-refractivity contribution in [1.82, 2.24) is 0 Å². The second kappa shape index (κ2) is 3.11. The zero-order chi connectivity index (χ0) is 9.30. The van der Waals surface area contributed by atoms with Gasteiger partial charge >= 0.3 is 0 Å². The van der Waals surface area contributed by atoms with Gasteiger partial charge in [-0.05, 0) is 6.92 Å². The molecule has 4 heteroatoms. The van der Waals surface area contributed by atoms with Crippen LogP contribution in [0.4, 0.5) is 0 Å². The van der Waals surface area contributed by atoms with Crippen LogP contribution < -0.4 is 4.74 Å². The molecule has 1 aromatic carbocycles. The van der Waals surface area contributed by atoms with Crippen molar-refractivity contribution in [3.8, 4) is 17.2 Å². The molecule has 0 amide bonds. The van der Waals surface area contributed by atoms with E-state index < -0.39 is 0 Å². The molecule has 0 aliphatic carbocycles. The molecule has 0 spiro atoms. The van der Waals surface area contributed by atoms with Crippen LogP contribution in [0.2, 0.25) is 5.02 Å². The molecule has 3 nitrogen and oxygen atoms in total. The number of aromatic hydroxyl groups is 2. The van der Waals surface area contributed by atoms with Gasteiger partial charge in [-0.15, -0.1) is 0 Å². The van der Waals surface area contributed by atoms with Gasteiger partial charge in [0.1, 0.15) is 0 Å². The second-order valence-corrected chi connectivity index (χ2v) is 2.79. The number of phenolic OH excluding ortho intramolecular Hbond substituents is 2. The van der Waals surface area contributed by atoms with Crippen LogP contribution >= 0.6 is 11.6 Å². The van der Waals surface area contributed by atoms with E-state index >= 15 is 0 Å². The number of phenols is 2. The Hall–Kier alpha value is -1.09. The van der Waals surface area contributed by atoms with Crippen LogP contribution in [0.3, 0.4) is 0 Å². The highest BCUT2D eigenvalue weighted by Crippen LogP contribution is 2.41. The van der Waals surface area contributed by atoms with Gasteiger partial charge in [-0.1, -0.05) is 11.6 Å². The quantitative estimate of drug-likeness (QED) is 0.664. The molecule has 0 unspecified atom stereocenters. The molecular weight excluding hydrogens is 180 g/mol. The maximum absolute atomic E-state index is 9.28. The lowest BCUT2D eigenvalue weighted by Gasteiger charge is -2.08. The third-order valence-electron chi connectivity index (χ3n) is 1.65. The molecule has 0 saturated carbocycles. The Labute approximate surface area is 75.2 Å². The summed E-state index contributed by atoms with van der Waals surface area (Å²) in [6, 6.07) is 1.45. The molecule has 0 saturated heterocycles. The van der Waals surface area contributed by atoms with Crippen LogP contribution in [-0.2, 0) is 0 Å². The van der Waals surface area contributed by atoms with E-state index in [-0.39, 0.29) is 17.2 Å². The molecule has 66 valence electrons. The number of methoxy groups -OCH3 is 1. The van der Waals surface area contributed by atoms with Crippen LogP contribution in [0.25, 0.3) is 0 Å². The molecule has 0 aromatic heterocycles. The summed E-state index contributed by atoms with van der Waals surface area (Å²) in [5, 5.41) is 18.9. The highest BCUT2D eigenvalue weighted by Gasteiger charge is 2.12. The summed E-state index contributed by atoms with van der Waals surface area (Å²) < 4.78 is 4.77. The van der Waals surface area contributed by atoms with E-state index in [0.717, 1.165) is 0 Å². The monoisotopic (exact) mass is 188 g/mol. The molecule has 2 N–H and O–H groups in total. The van der Waals surface area contributed by atoms with Crippen LogP contribution in [0, 0.1) is 6.92 Å². The van der Waals surface area contributed by atoms with Crippen LogP contribution in [0.1, 0.15) is 5.56 Å². The van der Waals surface area contributed by atoms with Crippen molar-refractivity contribution >= 4 is 11.6 Å². The van der Waals surface area contributed by atoms with Crippen molar-refractivity contribution in [2.24, 2.45) is 0 Å². The summed E-state index contributed by atoms with van der Waals surface area (Å²) in [4.78, 5) is 0. The molecule has 0 heterocycles. The maximum atomic E-state index is 9.28. The van der Waals surface area contributed by atoms with E-state index in [1.807, 2.05) is 0 Å². The first-order valence-electron chi connectivity index (χ1n) is 3.33. The average Bonchev–Trinajstić information content (AvgIpc) is 2.08. The topological polar surface area (TPSA) is 49.7 Å². The highest BCUT2D eigenvalue weighted by atomic mass is 35.5. The summed E-state index contributed by atoms with van der Waals surface area (Å²) in [6.07, 6.45) is 0. The third kappa shape index (κ3) is 1.28. The predicted octanol–water partition coefficient (Wildman–Crippen LogP) is 2.07. The van der Waals surface area contributed by atoms with E-state index in [4.69, 9.17) is 16.3 Å². The fourth-order valence-electron chi connectivity index (χ4n) is 0.855. The van der Waals surface area contributed by atoms with Gasteiger partial charge in [-0.25, -0.2) is 0 Å². The van der Waals surface area contributed by atoms with E-state index in [1.54, 1.807) is 6.92 Å². The summed E-state index contributed by atoms with van der Waals surface area (Å²) in [6.45, 7) is 1.61. The Bertz CT molecular complexity index is 310. The molecular formula is C8H9ClO3. The number of hydrogen-bond donors (Lipinski definition) is 2. The lowest BCUT2D eigenvalue weighted by Crippen LogP contribution is -1.86. The SMILES string of the molecule is COc1cc(Cl)c(C)c(O)c1O. The van der Waals surface area contributed by atoms with Crippen molar-refractivity contribution in [3.05, 3.63) is 16.7 Å². The summed E-state index contributed by atoms with van der Waals surface area (Å²) in [5.41, 5.74) is 0.440. The molecule has 0 bridgehead atoms. The van der Waals surface area contributed by atoms with Gasteiger partial charge in [-0.3, -0.25) is 0 Å². The highest BCUT2D eigenvalue weighted by molar-refractivity contribution is 6.31. The fraction of sp³-hybridized carbons (Fsp3) is 0.250. The average molecular weight is 189 g/mol. The van der Waals surface area contributed by atoms with Crippen molar-refractivity contribution < 1.29 is 14.9 Å². The smallest absolute Gasteiger partial charge is 0.200 e. The minimum Gasteiger partial charge on any atom is -0.504 e. The summed E-state index contributed by atoms with van der Waals surface area (Å²) >= 11 is 5.72. The molecule has 12 heavy (non-hydrogen) atoms. The van der Waals surface area contributed by atoms with Gasteiger partial charge in [0.2, 0.25) is 5.75 Å². The van der Waals surface area contributed by atoms with Crippen LogP contribution in [0.15, 0.2) is 6.07 Å². The molecule has 1 aromatic rings. The summed E-state index contributed by atoms with van der Waals surface area (Å²) in [7, 11) is 1.39. The molecule has 0 aliphatic rings. The third-order valence-corrected chi connectivity index (χ3v) is 2.04. The number of hydrogen-bond acceptors (Lipinski definition) is 3. The van der Waals surface area contributed by atoms with E-state index in [0.29, 0.717) is 10.6 Å². The number of ether oxygens (including phenoxy) is 1. The zero-order valence-corrected chi connectivity index (χ0v) is 7.51. The standard InChI is InChI=1S/C8H9ClO3/c1-4-5(9)3-6(12-2)8(11)7(4)10/h3,10-11H,1-2H3. The Morgan fingerprint density at radius 2 is 1.92 bits per heavy atom. The van der Waals surface area contributed by atoms with Gasteiger partial charge in [-0.2, -0.15) is 0 Å². The van der Waals surface area contributed by atoms with Crippen molar-refractivity contribution in [2.45, 2.75) is 6.92 Å². The Morgan fingerprint density at radius 1 is 1.33 bits per heavy atom. The van der Waals surface area contributed by atoms with Gasteiger partial charge in [0.05, 0.1) is 12.1 Å². The van der Waals surface area contributed by atoms with E-state index in [9.17, 15) is 10.2 Å². The molecule has 0 atom stereocenters. The minimum absolute atomic E-state index is 0.170. The number of benzene rings is 1. The number of halogens is 1. The Morgan fingerprint density at radius 3 is 2.42 bits per heavy atom. The predicted molar refractivity (Wildman–Crippen MR) is 46.1 cm³/mol. The first kappa shape index (κ1) is 9.00. The summed E-state index contributed by atoms with van der Waals surface area (Å²) in [5.74, 6) is -0.346. The Balaban J connectivity index is 3.39. The lowest BCUT2D eigenvalue weighted by molar-refractivity contribution is 0.350. The van der Waals surface area contributed by atoms with Crippen molar-refractivity contribution in [3.63, 3.8) is 0 Å². The normalized spacial score (nSPS) is 9.92. The van der Waals surface area contributed by atoms with E-state index in [2.05, 4.69) is 0 Å². The van der Waals surface area contributed by atoms with Crippen molar-refractivity contribution in [1.29, 1.82) is 0 Å². The lowest BCUT2D eigenvalue weighted by atomic mass is 10.2. The maximum Gasteiger partial charge on any atom is 0.200 e. The van der Waals surface area contributed by atoms with Crippen LogP contribution in [0.5, 0.6) is 17.2 Å². The van der Waals surface area contributed by atoms with Gasteiger partial charge < -0.3 is 14.9 Å². The van der Waals surface area contributed by atoms with Crippen LogP contribution in [-0.4, -0.2) is 17.3 Å². The number of rotatable bonds is 1. The molecule has 0 radical (unpaired) electrons. The molecule has 1 rings (SSSR count). The minimum atomic E-state index is -0.278. The van der Waals surface area contributed by atoms with E-state index in [1.165, 1.54) is 13.2 Å². The first-order valence-corrected chi connectivity index (χ1v) is 3.70. The van der Waals surface area contributed by atoms with Gasteiger partial charge in [0.25, 0.3) is 0 Å². The molecule has 0 fully saturated rings. The van der Waals surface area contributed by atoms with Gasteiger partial charge in [0, 0.05) is 11.6 Å².